The minimum absolute atomic E-state index is 0.0363. The van der Waals surface area contributed by atoms with Gasteiger partial charge in [-0.15, -0.1) is 0 Å². The molecule has 0 bridgehead atoms. The van der Waals surface area contributed by atoms with Crippen LogP contribution in [0.3, 0.4) is 0 Å². The number of fused-ring (bicyclic) bond motifs is 1. The van der Waals surface area contributed by atoms with Crippen molar-refractivity contribution >= 4 is 51.2 Å². The van der Waals surface area contributed by atoms with Gasteiger partial charge in [0.1, 0.15) is 4.32 Å². The van der Waals surface area contributed by atoms with Gasteiger partial charge < -0.3 is 4.57 Å². The lowest BCUT2D eigenvalue weighted by Crippen LogP contribution is -2.28. The Bertz CT molecular complexity index is 791. The van der Waals surface area contributed by atoms with Gasteiger partial charge in [0.2, 0.25) is 0 Å². The monoisotopic (exact) mass is 344 g/mol. The normalized spacial score (nSPS) is 17.0. The summed E-state index contributed by atoms with van der Waals surface area (Å²) in [6, 6.07) is 8.34. The molecule has 0 atom stereocenters. The summed E-state index contributed by atoms with van der Waals surface area (Å²) in [5, 5.41) is 1.18. The number of hydrogen-bond donors (Lipinski definition) is 0. The van der Waals surface area contributed by atoms with Crippen LogP contribution in [-0.4, -0.2) is 26.2 Å². The number of rotatable bonds is 5. The van der Waals surface area contributed by atoms with Crippen LogP contribution in [0.15, 0.2) is 35.4 Å². The van der Waals surface area contributed by atoms with Gasteiger partial charge in [-0.2, -0.15) is 0 Å². The van der Waals surface area contributed by atoms with Crippen LogP contribution in [-0.2, 0) is 11.3 Å². The van der Waals surface area contributed by atoms with E-state index in [0.717, 1.165) is 29.9 Å². The van der Waals surface area contributed by atoms with Crippen LogP contribution in [0.5, 0.6) is 0 Å². The average Bonchev–Trinajstić information content (AvgIpc) is 3.02. The number of carbonyl (C=O) groups is 1. The van der Waals surface area contributed by atoms with Crippen molar-refractivity contribution in [2.45, 2.75) is 33.2 Å². The van der Waals surface area contributed by atoms with Crippen molar-refractivity contribution in [2.75, 3.05) is 6.54 Å². The molecule has 0 aliphatic carbocycles. The largest absolute Gasteiger partial charge is 0.347 e. The summed E-state index contributed by atoms with van der Waals surface area (Å²) in [6.07, 6.45) is 6.12. The first-order chi connectivity index (χ1) is 11.2. The van der Waals surface area contributed by atoms with E-state index in [0.29, 0.717) is 10.9 Å². The van der Waals surface area contributed by atoms with Crippen LogP contribution in [0.2, 0.25) is 0 Å². The van der Waals surface area contributed by atoms with Gasteiger partial charge in [0.15, 0.2) is 0 Å². The molecule has 1 aliphatic rings. The highest BCUT2D eigenvalue weighted by atomic mass is 32.2. The molecule has 0 N–H and O–H groups in total. The van der Waals surface area contributed by atoms with E-state index in [1.165, 1.54) is 22.7 Å². The van der Waals surface area contributed by atoms with E-state index in [-0.39, 0.29) is 5.91 Å². The zero-order valence-electron chi connectivity index (χ0n) is 13.4. The summed E-state index contributed by atoms with van der Waals surface area (Å²) < 4.78 is 2.92. The molecule has 23 heavy (non-hydrogen) atoms. The lowest BCUT2D eigenvalue weighted by molar-refractivity contribution is -0.122. The Balaban J connectivity index is 2.01. The number of para-hydroxylation sites is 1. The molecule has 3 rings (SSSR count). The highest BCUT2D eigenvalue weighted by Gasteiger charge is 2.31. The maximum absolute atomic E-state index is 12.5. The number of hydrogen-bond acceptors (Lipinski definition) is 3. The highest BCUT2D eigenvalue weighted by Crippen LogP contribution is 2.34. The molecule has 1 aliphatic heterocycles. The SMILES string of the molecule is CCCN1C(=O)/C(=C\c2cn(CCC)c3ccccc23)SC1=S. The van der Waals surface area contributed by atoms with E-state index in [4.69, 9.17) is 12.2 Å². The molecule has 1 aromatic heterocycles. The third kappa shape index (κ3) is 3.08. The fourth-order valence-electron chi connectivity index (χ4n) is 2.87. The maximum atomic E-state index is 12.5. The third-order valence-corrected chi connectivity index (χ3v) is 5.27. The number of thioether (sulfide) groups is 1. The second-order valence-corrected chi connectivity index (χ2v) is 7.30. The minimum Gasteiger partial charge on any atom is -0.347 e. The molecule has 2 aromatic rings. The molecule has 0 radical (unpaired) electrons. The van der Waals surface area contributed by atoms with Crippen LogP contribution in [0.1, 0.15) is 32.3 Å². The molecule has 1 aromatic carbocycles. The standard InChI is InChI=1S/C18H20N2OS2/c1-3-9-19-12-13(14-7-5-6-8-15(14)19)11-16-17(21)20(10-4-2)18(22)23-16/h5-8,11-12H,3-4,9-10H2,1-2H3/b16-11+. The molecule has 1 fully saturated rings. The second kappa shape index (κ2) is 6.89. The van der Waals surface area contributed by atoms with Gasteiger partial charge in [0.05, 0.1) is 4.91 Å². The maximum Gasteiger partial charge on any atom is 0.266 e. The molecular weight excluding hydrogens is 324 g/mol. The first-order valence-electron chi connectivity index (χ1n) is 7.99. The Morgan fingerprint density at radius 3 is 2.65 bits per heavy atom. The van der Waals surface area contributed by atoms with Crippen molar-refractivity contribution in [1.29, 1.82) is 0 Å². The number of benzene rings is 1. The number of nitrogens with zero attached hydrogens (tertiary/aromatic N) is 2. The molecule has 0 saturated carbocycles. The molecule has 1 saturated heterocycles. The van der Waals surface area contributed by atoms with E-state index in [1.54, 1.807) is 4.90 Å². The van der Waals surface area contributed by atoms with Gasteiger partial charge in [0.25, 0.3) is 5.91 Å². The van der Waals surface area contributed by atoms with E-state index in [1.807, 2.05) is 12.1 Å². The Morgan fingerprint density at radius 2 is 1.91 bits per heavy atom. The van der Waals surface area contributed by atoms with E-state index >= 15 is 0 Å². The van der Waals surface area contributed by atoms with E-state index < -0.39 is 0 Å². The van der Waals surface area contributed by atoms with Gasteiger partial charge in [-0.05, 0) is 25.0 Å². The lowest BCUT2D eigenvalue weighted by Gasteiger charge is -2.11. The second-order valence-electron chi connectivity index (χ2n) is 5.63. The van der Waals surface area contributed by atoms with Gasteiger partial charge in [-0.1, -0.05) is 56.0 Å². The van der Waals surface area contributed by atoms with Crippen LogP contribution in [0.25, 0.3) is 17.0 Å². The Morgan fingerprint density at radius 1 is 1.17 bits per heavy atom. The molecule has 0 unspecified atom stereocenters. The molecular formula is C18H20N2OS2. The minimum atomic E-state index is 0.0363. The Hall–Kier alpha value is -1.59. The fraction of sp³-hybridized carbons (Fsp3) is 0.333. The Kier molecular flexibility index (Phi) is 4.87. The van der Waals surface area contributed by atoms with E-state index in [2.05, 4.69) is 42.8 Å². The lowest BCUT2D eigenvalue weighted by atomic mass is 10.1. The summed E-state index contributed by atoms with van der Waals surface area (Å²) in [7, 11) is 0. The van der Waals surface area contributed by atoms with E-state index in [9.17, 15) is 4.79 Å². The first kappa shape index (κ1) is 16.3. The van der Waals surface area contributed by atoms with Crippen LogP contribution < -0.4 is 0 Å². The van der Waals surface area contributed by atoms with Crippen molar-refractivity contribution in [1.82, 2.24) is 9.47 Å². The molecule has 3 nitrogen and oxygen atoms in total. The van der Waals surface area contributed by atoms with Crippen molar-refractivity contribution in [2.24, 2.45) is 0 Å². The topological polar surface area (TPSA) is 25.2 Å². The first-order valence-corrected chi connectivity index (χ1v) is 9.21. The average molecular weight is 345 g/mol. The summed E-state index contributed by atoms with van der Waals surface area (Å²) in [4.78, 5) is 15.0. The predicted octanol–water partition coefficient (Wildman–Crippen LogP) is 4.66. The molecule has 0 spiro atoms. The smallest absolute Gasteiger partial charge is 0.266 e. The number of thiocarbonyl (C=S) groups is 1. The van der Waals surface area contributed by atoms with Crippen molar-refractivity contribution in [3.8, 4) is 0 Å². The van der Waals surface area contributed by atoms with Crippen LogP contribution in [0.4, 0.5) is 0 Å². The zero-order chi connectivity index (χ0) is 16.4. The quantitative estimate of drug-likeness (QED) is 0.582. The van der Waals surface area contributed by atoms with Crippen LogP contribution in [0, 0.1) is 0 Å². The zero-order valence-corrected chi connectivity index (χ0v) is 15.0. The van der Waals surface area contributed by atoms with Gasteiger partial charge in [-0.3, -0.25) is 9.69 Å². The number of carbonyl (C=O) groups excluding carboxylic acids is 1. The third-order valence-electron chi connectivity index (χ3n) is 3.89. The number of aryl methyl sites for hydroxylation is 1. The summed E-state index contributed by atoms with van der Waals surface area (Å²) >= 11 is 6.75. The molecule has 120 valence electrons. The van der Waals surface area contributed by atoms with Gasteiger partial charge in [0, 0.05) is 35.8 Å². The van der Waals surface area contributed by atoms with Gasteiger partial charge in [-0.25, -0.2) is 0 Å². The van der Waals surface area contributed by atoms with Crippen molar-refractivity contribution in [3.63, 3.8) is 0 Å². The van der Waals surface area contributed by atoms with Crippen LogP contribution >= 0.6 is 24.0 Å². The summed E-state index contributed by atoms with van der Waals surface area (Å²) in [6.45, 7) is 5.90. The van der Waals surface area contributed by atoms with Crippen molar-refractivity contribution < 1.29 is 4.79 Å². The van der Waals surface area contributed by atoms with Gasteiger partial charge >= 0.3 is 0 Å². The number of aromatic nitrogens is 1. The summed E-state index contributed by atoms with van der Waals surface area (Å²) in [5.41, 5.74) is 2.30. The highest BCUT2D eigenvalue weighted by molar-refractivity contribution is 8.26. The fourth-order valence-corrected chi connectivity index (χ4v) is 4.17. The predicted molar refractivity (Wildman–Crippen MR) is 102 cm³/mol. The molecule has 1 amide bonds. The molecule has 2 heterocycles. The Labute approximate surface area is 146 Å². The molecule has 5 heteroatoms. The number of amides is 1. The summed E-state index contributed by atoms with van der Waals surface area (Å²) in [5.74, 6) is 0.0363. The van der Waals surface area contributed by atoms with Crippen molar-refractivity contribution in [3.05, 3.63) is 40.9 Å².